The molecule has 4 nitrogen and oxygen atoms in total. The van der Waals surface area contributed by atoms with Crippen LogP contribution in [0.3, 0.4) is 0 Å². The minimum Gasteiger partial charge on any atom is -0.368 e. The number of rotatable bonds is 2. The Hall–Kier alpha value is -2.20. The minimum absolute atomic E-state index is 0.0187. The number of hydrogen-bond acceptors (Lipinski definition) is 2. The summed E-state index contributed by atoms with van der Waals surface area (Å²) in [6.07, 6.45) is 0. The predicted octanol–water partition coefficient (Wildman–Crippen LogP) is 4.99. The highest BCUT2D eigenvalue weighted by molar-refractivity contribution is 6.30. The Bertz CT molecular complexity index is 777. The van der Waals surface area contributed by atoms with Crippen LogP contribution in [0.15, 0.2) is 48.5 Å². The van der Waals surface area contributed by atoms with Gasteiger partial charge in [0.2, 0.25) is 0 Å². The van der Waals surface area contributed by atoms with E-state index in [4.69, 9.17) is 11.6 Å². The van der Waals surface area contributed by atoms with Crippen LogP contribution in [0.4, 0.5) is 16.2 Å². The number of para-hydroxylation sites is 1. The summed E-state index contributed by atoms with van der Waals surface area (Å²) in [5.74, 6) is 0. The zero-order valence-electron chi connectivity index (χ0n) is 15.6. The monoisotopic (exact) mass is 371 g/mol. The van der Waals surface area contributed by atoms with E-state index in [9.17, 15) is 4.79 Å². The fourth-order valence-corrected chi connectivity index (χ4v) is 3.47. The number of nitrogens with one attached hydrogen (secondary N) is 1. The number of anilines is 2. The van der Waals surface area contributed by atoms with Crippen LogP contribution in [0.5, 0.6) is 0 Å². The van der Waals surface area contributed by atoms with Gasteiger partial charge in [0.05, 0.1) is 0 Å². The lowest BCUT2D eigenvalue weighted by Crippen LogP contribution is -2.50. The summed E-state index contributed by atoms with van der Waals surface area (Å²) >= 11 is 6.08. The van der Waals surface area contributed by atoms with E-state index in [1.807, 2.05) is 41.3 Å². The van der Waals surface area contributed by atoms with Crippen molar-refractivity contribution in [1.29, 1.82) is 0 Å². The van der Waals surface area contributed by atoms with Crippen LogP contribution >= 0.6 is 11.6 Å². The maximum Gasteiger partial charge on any atom is 0.321 e. The maximum absolute atomic E-state index is 12.7. The molecule has 1 fully saturated rings. The van der Waals surface area contributed by atoms with Crippen molar-refractivity contribution in [2.75, 3.05) is 36.4 Å². The molecular weight excluding hydrogens is 346 g/mol. The molecule has 0 aromatic heterocycles. The third-order valence-corrected chi connectivity index (χ3v) is 4.95. The highest BCUT2D eigenvalue weighted by atomic mass is 35.5. The number of halogens is 1. The first kappa shape index (κ1) is 18.6. The van der Waals surface area contributed by atoms with E-state index in [-0.39, 0.29) is 11.4 Å². The van der Waals surface area contributed by atoms with Crippen molar-refractivity contribution in [1.82, 2.24) is 4.90 Å². The van der Waals surface area contributed by atoms with Gasteiger partial charge in [0.15, 0.2) is 0 Å². The lowest BCUT2D eigenvalue weighted by molar-refractivity contribution is 0.208. The summed E-state index contributed by atoms with van der Waals surface area (Å²) in [5, 5.41) is 3.84. The molecule has 138 valence electrons. The van der Waals surface area contributed by atoms with Gasteiger partial charge < -0.3 is 15.1 Å². The second kappa shape index (κ2) is 7.58. The van der Waals surface area contributed by atoms with Gasteiger partial charge in [0.25, 0.3) is 0 Å². The van der Waals surface area contributed by atoms with Gasteiger partial charge in [-0.1, -0.05) is 56.6 Å². The summed E-state index contributed by atoms with van der Waals surface area (Å²) in [6, 6.07) is 15.8. The molecule has 0 radical (unpaired) electrons. The molecule has 1 N–H and O–H groups in total. The number of hydrogen-bond donors (Lipinski definition) is 1. The Kier molecular flexibility index (Phi) is 5.42. The second-order valence-corrected chi connectivity index (χ2v) is 8.12. The van der Waals surface area contributed by atoms with Crippen LogP contribution < -0.4 is 10.2 Å². The number of benzene rings is 2. The lowest BCUT2D eigenvalue weighted by atomic mass is 9.86. The first-order chi connectivity index (χ1) is 12.3. The van der Waals surface area contributed by atoms with Crippen LogP contribution in [0, 0.1) is 0 Å². The predicted molar refractivity (Wildman–Crippen MR) is 109 cm³/mol. The molecule has 0 saturated carbocycles. The molecule has 5 heteroatoms. The molecule has 0 aliphatic carbocycles. The van der Waals surface area contributed by atoms with Crippen molar-refractivity contribution < 1.29 is 4.79 Å². The summed E-state index contributed by atoms with van der Waals surface area (Å²) < 4.78 is 0. The highest BCUT2D eigenvalue weighted by Gasteiger charge is 2.24. The van der Waals surface area contributed by atoms with E-state index in [1.54, 1.807) is 0 Å². The smallest absolute Gasteiger partial charge is 0.321 e. The molecule has 0 spiro atoms. The topological polar surface area (TPSA) is 35.6 Å². The molecule has 1 saturated heterocycles. The van der Waals surface area contributed by atoms with Gasteiger partial charge in [-0.3, -0.25) is 0 Å². The normalized spacial score (nSPS) is 15.1. The van der Waals surface area contributed by atoms with Crippen LogP contribution in [0.25, 0.3) is 0 Å². The van der Waals surface area contributed by atoms with E-state index < -0.39 is 0 Å². The number of piperazine rings is 1. The van der Waals surface area contributed by atoms with Crippen LogP contribution in [-0.2, 0) is 5.41 Å². The Morgan fingerprint density at radius 2 is 1.69 bits per heavy atom. The molecule has 0 bridgehead atoms. The third kappa shape index (κ3) is 4.31. The van der Waals surface area contributed by atoms with Gasteiger partial charge in [-0.15, -0.1) is 0 Å². The Morgan fingerprint density at radius 3 is 2.35 bits per heavy atom. The van der Waals surface area contributed by atoms with Crippen LogP contribution in [0.2, 0.25) is 5.02 Å². The maximum atomic E-state index is 12.7. The van der Waals surface area contributed by atoms with E-state index in [0.29, 0.717) is 13.1 Å². The van der Waals surface area contributed by atoms with Gasteiger partial charge in [-0.2, -0.15) is 0 Å². The van der Waals surface area contributed by atoms with Gasteiger partial charge >= 0.3 is 6.03 Å². The number of amides is 2. The Morgan fingerprint density at radius 1 is 1.00 bits per heavy atom. The number of carbonyl (C=O) groups excluding carboxylic acids is 1. The molecule has 1 aliphatic rings. The molecule has 0 atom stereocenters. The number of carbonyl (C=O) groups is 1. The standard InChI is InChI=1S/C21H26ClN3O/c1-21(2,3)18-9-4-5-10-19(18)23-20(26)25-13-11-24(12-14-25)17-8-6-7-16(22)15-17/h4-10,15H,11-14H2,1-3H3,(H,23,26). The molecule has 3 rings (SSSR count). The van der Waals surface area contributed by atoms with Gasteiger partial charge in [0.1, 0.15) is 0 Å². The third-order valence-electron chi connectivity index (χ3n) is 4.72. The average molecular weight is 372 g/mol. The van der Waals surface area contributed by atoms with Crippen molar-refractivity contribution in [3.63, 3.8) is 0 Å². The fourth-order valence-electron chi connectivity index (χ4n) is 3.28. The summed E-state index contributed by atoms with van der Waals surface area (Å²) in [7, 11) is 0. The van der Waals surface area contributed by atoms with Crippen molar-refractivity contribution >= 4 is 29.0 Å². The highest BCUT2D eigenvalue weighted by Crippen LogP contribution is 2.29. The number of nitrogens with zero attached hydrogens (tertiary/aromatic N) is 2. The summed E-state index contributed by atoms with van der Waals surface area (Å²) in [5.41, 5.74) is 3.12. The van der Waals surface area contributed by atoms with E-state index >= 15 is 0 Å². The molecule has 26 heavy (non-hydrogen) atoms. The van der Waals surface area contributed by atoms with E-state index in [0.717, 1.165) is 35.1 Å². The fraction of sp³-hybridized carbons (Fsp3) is 0.381. The van der Waals surface area contributed by atoms with Crippen molar-refractivity contribution in [3.8, 4) is 0 Å². The van der Waals surface area contributed by atoms with Crippen molar-refractivity contribution in [2.24, 2.45) is 0 Å². The molecule has 2 aromatic rings. The minimum atomic E-state index is -0.0348. The van der Waals surface area contributed by atoms with Gasteiger partial charge in [-0.25, -0.2) is 4.79 Å². The SMILES string of the molecule is CC(C)(C)c1ccccc1NC(=O)N1CCN(c2cccc(Cl)c2)CC1. The largest absolute Gasteiger partial charge is 0.368 e. The zero-order chi connectivity index (χ0) is 18.7. The van der Waals surface area contributed by atoms with Crippen LogP contribution in [-0.4, -0.2) is 37.1 Å². The molecule has 0 unspecified atom stereocenters. The average Bonchev–Trinajstić information content (AvgIpc) is 2.61. The Balaban J connectivity index is 1.63. The Labute approximate surface area is 160 Å². The zero-order valence-corrected chi connectivity index (χ0v) is 16.4. The molecule has 1 heterocycles. The van der Waals surface area contributed by atoms with Crippen LogP contribution in [0.1, 0.15) is 26.3 Å². The first-order valence-corrected chi connectivity index (χ1v) is 9.38. The lowest BCUT2D eigenvalue weighted by Gasteiger charge is -2.36. The summed E-state index contributed by atoms with van der Waals surface area (Å²) in [6.45, 7) is 9.45. The van der Waals surface area contributed by atoms with Gasteiger partial charge in [-0.05, 0) is 35.2 Å². The summed E-state index contributed by atoms with van der Waals surface area (Å²) in [4.78, 5) is 16.9. The first-order valence-electron chi connectivity index (χ1n) is 9.00. The second-order valence-electron chi connectivity index (χ2n) is 7.68. The van der Waals surface area contributed by atoms with E-state index in [2.05, 4.69) is 43.1 Å². The van der Waals surface area contributed by atoms with E-state index in [1.165, 1.54) is 0 Å². The quantitative estimate of drug-likeness (QED) is 0.807. The molecular formula is C21H26ClN3O. The number of urea groups is 1. The van der Waals surface area contributed by atoms with Crippen molar-refractivity contribution in [3.05, 3.63) is 59.1 Å². The molecule has 1 aliphatic heterocycles. The van der Waals surface area contributed by atoms with Gasteiger partial charge in [0, 0.05) is 42.6 Å². The van der Waals surface area contributed by atoms with Crippen molar-refractivity contribution in [2.45, 2.75) is 26.2 Å². The molecule has 2 amide bonds. The molecule has 2 aromatic carbocycles.